The van der Waals surface area contributed by atoms with E-state index in [1.165, 1.54) is 51.4 Å². The van der Waals surface area contributed by atoms with Gasteiger partial charge >= 0.3 is 0 Å². The molecule has 2 radical (unpaired) electrons. The molecule has 0 bridgehead atoms. The van der Waals surface area contributed by atoms with Crippen LogP contribution in [0.1, 0.15) is 74.3 Å². The standard InChI is InChI=1S/C18H24/c1-3-7-15(8-4-1)17-11-13-18(14-12-17)16-9-5-2-6-10-16/h1,9,11-16H,2-8,10H2. The van der Waals surface area contributed by atoms with Crippen LogP contribution in [0.5, 0.6) is 0 Å². The topological polar surface area (TPSA) is 0 Å². The molecule has 2 aliphatic rings. The fraction of sp³-hybridized carbons (Fsp3) is 0.556. The highest BCUT2D eigenvalue weighted by molar-refractivity contribution is 5.29. The number of benzene rings is 1. The Morgan fingerprint density at radius 3 is 2.11 bits per heavy atom. The molecular weight excluding hydrogens is 216 g/mol. The molecular formula is C18H24. The van der Waals surface area contributed by atoms with Crippen molar-refractivity contribution in [2.75, 3.05) is 0 Å². The van der Waals surface area contributed by atoms with Gasteiger partial charge in [-0.15, -0.1) is 0 Å². The highest BCUT2D eigenvalue weighted by atomic mass is 14.2. The summed E-state index contributed by atoms with van der Waals surface area (Å²) < 4.78 is 0. The third-order valence-electron chi connectivity index (χ3n) is 4.69. The van der Waals surface area contributed by atoms with Crippen molar-refractivity contribution in [1.82, 2.24) is 0 Å². The molecule has 1 aromatic carbocycles. The van der Waals surface area contributed by atoms with E-state index >= 15 is 0 Å². The molecule has 1 aromatic rings. The first-order chi connectivity index (χ1) is 8.93. The molecule has 0 nitrogen and oxygen atoms in total. The van der Waals surface area contributed by atoms with E-state index in [1.54, 1.807) is 11.1 Å². The Morgan fingerprint density at radius 1 is 0.722 bits per heavy atom. The van der Waals surface area contributed by atoms with Gasteiger partial charge in [-0.05, 0) is 74.3 Å². The molecule has 2 saturated carbocycles. The summed E-state index contributed by atoms with van der Waals surface area (Å²) in [5.74, 6) is 1.55. The van der Waals surface area contributed by atoms with E-state index in [-0.39, 0.29) is 0 Å². The average Bonchev–Trinajstić information content (AvgIpc) is 2.49. The van der Waals surface area contributed by atoms with Crippen LogP contribution in [0, 0.1) is 12.8 Å². The van der Waals surface area contributed by atoms with Gasteiger partial charge in [0.05, 0.1) is 0 Å². The van der Waals surface area contributed by atoms with E-state index in [9.17, 15) is 0 Å². The highest BCUT2D eigenvalue weighted by Gasteiger charge is 2.18. The molecule has 1 unspecified atom stereocenters. The van der Waals surface area contributed by atoms with Crippen LogP contribution in [-0.4, -0.2) is 0 Å². The monoisotopic (exact) mass is 240 g/mol. The molecule has 1 atom stereocenters. The van der Waals surface area contributed by atoms with Gasteiger partial charge in [0, 0.05) is 0 Å². The van der Waals surface area contributed by atoms with Crippen LogP contribution in [0.3, 0.4) is 0 Å². The van der Waals surface area contributed by atoms with Crippen molar-refractivity contribution >= 4 is 0 Å². The molecule has 3 rings (SSSR count). The van der Waals surface area contributed by atoms with E-state index < -0.39 is 0 Å². The minimum Gasteiger partial charge on any atom is -0.0585 e. The molecule has 0 heterocycles. The summed E-state index contributed by atoms with van der Waals surface area (Å²) in [6, 6.07) is 9.57. The lowest BCUT2D eigenvalue weighted by atomic mass is 9.81. The highest BCUT2D eigenvalue weighted by Crippen LogP contribution is 2.35. The maximum Gasteiger partial charge on any atom is -0.0131 e. The zero-order valence-corrected chi connectivity index (χ0v) is 11.3. The third kappa shape index (κ3) is 2.79. The Bertz CT molecular complexity index is 313. The van der Waals surface area contributed by atoms with Crippen LogP contribution in [0.4, 0.5) is 0 Å². The van der Waals surface area contributed by atoms with E-state index in [4.69, 9.17) is 0 Å². The lowest BCUT2D eigenvalue weighted by Crippen LogP contribution is -2.07. The first kappa shape index (κ1) is 12.3. The van der Waals surface area contributed by atoms with Gasteiger partial charge in [0.25, 0.3) is 0 Å². The molecule has 96 valence electrons. The third-order valence-corrected chi connectivity index (χ3v) is 4.69. The minimum atomic E-state index is 0.729. The average molecular weight is 240 g/mol. The molecule has 2 aliphatic carbocycles. The van der Waals surface area contributed by atoms with E-state index in [2.05, 4.69) is 37.1 Å². The van der Waals surface area contributed by atoms with E-state index in [0.717, 1.165) is 11.8 Å². The van der Waals surface area contributed by atoms with E-state index in [1.807, 2.05) is 0 Å². The lowest BCUT2D eigenvalue weighted by Gasteiger charge is -2.24. The summed E-state index contributed by atoms with van der Waals surface area (Å²) in [5.41, 5.74) is 3.11. The molecule has 0 aromatic heterocycles. The van der Waals surface area contributed by atoms with Crippen LogP contribution in [-0.2, 0) is 0 Å². The Morgan fingerprint density at radius 2 is 1.44 bits per heavy atom. The summed E-state index contributed by atoms with van der Waals surface area (Å²) >= 11 is 0. The predicted molar refractivity (Wildman–Crippen MR) is 77.5 cm³/mol. The van der Waals surface area contributed by atoms with Gasteiger partial charge in [0.1, 0.15) is 0 Å². The van der Waals surface area contributed by atoms with Crippen LogP contribution < -0.4 is 0 Å². The van der Waals surface area contributed by atoms with Gasteiger partial charge in [-0.25, -0.2) is 0 Å². The second-order valence-electron chi connectivity index (χ2n) is 5.93. The number of hydrogen-bond acceptors (Lipinski definition) is 0. The molecule has 2 fully saturated rings. The van der Waals surface area contributed by atoms with Crippen molar-refractivity contribution in [1.29, 1.82) is 0 Å². The molecule has 0 saturated heterocycles. The van der Waals surface area contributed by atoms with Crippen LogP contribution in [0.2, 0.25) is 0 Å². The van der Waals surface area contributed by atoms with Gasteiger partial charge in [-0.2, -0.15) is 0 Å². The normalized spacial score (nSPS) is 23.1. The largest absolute Gasteiger partial charge is 0.0585 e. The smallest absolute Gasteiger partial charge is 0.0131 e. The summed E-state index contributed by atoms with van der Waals surface area (Å²) in [5, 5.41) is 0. The van der Waals surface area contributed by atoms with Gasteiger partial charge in [-0.1, -0.05) is 37.1 Å². The van der Waals surface area contributed by atoms with Crippen molar-refractivity contribution in [2.24, 2.45) is 0 Å². The van der Waals surface area contributed by atoms with Gasteiger partial charge < -0.3 is 0 Å². The van der Waals surface area contributed by atoms with Crippen molar-refractivity contribution in [2.45, 2.75) is 63.2 Å². The minimum absolute atomic E-state index is 0.729. The van der Waals surface area contributed by atoms with E-state index in [0.29, 0.717) is 0 Å². The predicted octanol–water partition coefficient (Wildman–Crippen LogP) is 5.41. The Balaban J connectivity index is 1.67. The Labute approximate surface area is 112 Å². The van der Waals surface area contributed by atoms with Gasteiger partial charge in [-0.3, -0.25) is 0 Å². The molecule has 0 heteroatoms. The van der Waals surface area contributed by atoms with Gasteiger partial charge in [0.15, 0.2) is 0 Å². The fourth-order valence-corrected chi connectivity index (χ4v) is 3.52. The molecule has 0 spiro atoms. The molecule has 0 N–H and O–H groups in total. The fourth-order valence-electron chi connectivity index (χ4n) is 3.52. The quantitative estimate of drug-likeness (QED) is 0.648. The second-order valence-corrected chi connectivity index (χ2v) is 5.93. The van der Waals surface area contributed by atoms with Crippen molar-refractivity contribution in [3.05, 3.63) is 48.2 Å². The Kier molecular flexibility index (Phi) is 4.02. The van der Waals surface area contributed by atoms with Crippen molar-refractivity contribution in [3.8, 4) is 0 Å². The summed E-state index contributed by atoms with van der Waals surface area (Å²) in [7, 11) is 0. The zero-order chi connectivity index (χ0) is 12.2. The maximum atomic E-state index is 2.52. The Hall–Kier alpha value is -0.780. The van der Waals surface area contributed by atoms with Crippen molar-refractivity contribution < 1.29 is 0 Å². The molecule has 0 aliphatic heterocycles. The SMILES string of the molecule is [CH]1CCC(c2ccc(C3[CH]CCCC3)cc2)CC1. The van der Waals surface area contributed by atoms with Crippen LogP contribution >= 0.6 is 0 Å². The first-order valence-corrected chi connectivity index (χ1v) is 7.68. The number of rotatable bonds is 2. The molecule has 18 heavy (non-hydrogen) atoms. The first-order valence-electron chi connectivity index (χ1n) is 7.68. The second kappa shape index (κ2) is 5.91. The maximum absolute atomic E-state index is 2.52. The summed E-state index contributed by atoms with van der Waals surface area (Å²) in [6.45, 7) is 0. The zero-order valence-electron chi connectivity index (χ0n) is 11.3. The summed E-state index contributed by atoms with van der Waals surface area (Å²) in [4.78, 5) is 0. The summed E-state index contributed by atoms with van der Waals surface area (Å²) in [6.07, 6.45) is 15.8. The molecule has 0 amide bonds. The van der Waals surface area contributed by atoms with Gasteiger partial charge in [0.2, 0.25) is 0 Å². The number of hydrogen-bond donors (Lipinski definition) is 0. The van der Waals surface area contributed by atoms with Crippen LogP contribution in [0.25, 0.3) is 0 Å². The van der Waals surface area contributed by atoms with Crippen molar-refractivity contribution in [3.63, 3.8) is 0 Å². The lowest BCUT2D eigenvalue weighted by molar-refractivity contribution is 0.510. The van der Waals surface area contributed by atoms with Crippen LogP contribution in [0.15, 0.2) is 24.3 Å².